The van der Waals surface area contributed by atoms with E-state index in [0.717, 1.165) is 10.6 Å². The molecule has 5 heteroatoms. The number of nitrogens with one attached hydrogen (secondary N) is 1. The van der Waals surface area contributed by atoms with Crippen LogP contribution in [0.15, 0.2) is 60.1 Å². The Hall–Kier alpha value is -2.97. The molecule has 0 atom stereocenters. The minimum absolute atomic E-state index is 0.192. The van der Waals surface area contributed by atoms with Gasteiger partial charge in [-0.05, 0) is 36.4 Å². The van der Waals surface area contributed by atoms with Gasteiger partial charge in [0, 0.05) is 28.4 Å². The van der Waals surface area contributed by atoms with Crippen LogP contribution < -0.4 is 5.32 Å². The van der Waals surface area contributed by atoms with Gasteiger partial charge in [0.25, 0.3) is 5.91 Å². The topological polar surface area (TPSA) is 65.8 Å². The lowest BCUT2D eigenvalue weighted by Gasteiger charge is -2.06. The van der Waals surface area contributed by atoms with E-state index in [4.69, 9.17) is 5.26 Å². The van der Waals surface area contributed by atoms with Crippen LogP contribution in [0.1, 0.15) is 15.9 Å². The summed E-state index contributed by atoms with van der Waals surface area (Å²) in [6.07, 6.45) is 1.74. The molecule has 0 aliphatic rings. The van der Waals surface area contributed by atoms with Gasteiger partial charge in [-0.25, -0.2) is 4.98 Å². The van der Waals surface area contributed by atoms with Gasteiger partial charge in [0.1, 0.15) is 5.01 Å². The number of hydrogen-bond acceptors (Lipinski definition) is 4. The largest absolute Gasteiger partial charge is 0.322 e. The fourth-order valence-electron chi connectivity index (χ4n) is 1.99. The average molecular weight is 305 g/mol. The van der Waals surface area contributed by atoms with E-state index in [2.05, 4.69) is 10.3 Å². The van der Waals surface area contributed by atoms with Crippen LogP contribution in [-0.4, -0.2) is 10.9 Å². The number of benzene rings is 2. The Balaban J connectivity index is 1.80. The summed E-state index contributed by atoms with van der Waals surface area (Å²) in [7, 11) is 0. The normalized spacial score (nSPS) is 9.95. The molecule has 1 aromatic heterocycles. The van der Waals surface area contributed by atoms with E-state index in [1.807, 2.05) is 29.6 Å². The number of thiazole rings is 1. The van der Waals surface area contributed by atoms with Crippen LogP contribution >= 0.6 is 11.3 Å². The monoisotopic (exact) mass is 305 g/mol. The highest BCUT2D eigenvalue weighted by Crippen LogP contribution is 2.23. The van der Waals surface area contributed by atoms with Gasteiger partial charge in [-0.3, -0.25) is 4.79 Å². The molecule has 22 heavy (non-hydrogen) atoms. The molecule has 0 bridgehead atoms. The van der Waals surface area contributed by atoms with Crippen molar-refractivity contribution in [1.29, 1.82) is 5.26 Å². The van der Waals surface area contributed by atoms with Crippen molar-refractivity contribution in [2.24, 2.45) is 0 Å². The van der Waals surface area contributed by atoms with Crippen molar-refractivity contribution in [3.63, 3.8) is 0 Å². The summed E-state index contributed by atoms with van der Waals surface area (Å²) >= 11 is 1.53. The molecule has 0 spiro atoms. The summed E-state index contributed by atoms with van der Waals surface area (Å²) < 4.78 is 0. The summed E-state index contributed by atoms with van der Waals surface area (Å²) in [5, 5.41) is 14.4. The first-order chi connectivity index (χ1) is 10.8. The Kier molecular flexibility index (Phi) is 3.95. The van der Waals surface area contributed by atoms with Crippen molar-refractivity contribution in [2.45, 2.75) is 0 Å². The van der Waals surface area contributed by atoms with Crippen LogP contribution in [0, 0.1) is 11.3 Å². The van der Waals surface area contributed by atoms with E-state index in [9.17, 15) is 4.79 Å². The maximum atomic E-state index is 12.3. The lowest BCUT2D eigenvalue weighted by molar-refractivity contribution is 0.102. The molecule has 0 fully saturated rings. The van der Waals surface area contributed by atoms with Crippen molar-refractivity contribution in [1.82, 2.24) is 4.98 Å². The SMILES string of the molecule is N#Cc1ccc(NC(=O)c2cccc(-c3nccs3)c2)cc1. The molecule has 106 valence electrons. The van der Waals surface area contributed by atoms with E-state index in [-0.39, 0.29) is 5.91 Å². The first kappa shape index (κ1) is 14.0. The average Bonchev–Trinajstić information content (AvgIpc) is 3.10. The molecule has 1 N–H and O–H groups in total. The van der Waals surface area contributed by atoms with Gasteiger partial charge in [0.05, 0.1) is 11.6 Å². The molecule has 1 heterocycles. The first-order valence-electron chi connectivity index (χ1n) is 6.58. The molecule has 0 aliphatic heterocycles. The lowest BCUT2D eigenvalue weighted by Crippen LogP contribution is -2.11. The molecule has 0 saturated heterocycles. The third-order valence-corrected chi connectivity index (χ3v) is 3.90. The molecule has 0 unspecified atom stereocenters. The molecule has 0 aliphatic carbocycles. The van der Waals surface area contributed by atoms with Crippen LogP contribution in [0.25, 0.3) is 10.6 Å². The summed E-state index contributed by atoms with van der Waals surface area (Å²) in [6, 6.07) is 16.1. The third-order valence-electron chi connectivity index (χ3n) is 3.08. The summed E-state index contributed by atoms with van der Waals surface area (Å²) in [6.45, 7) is 0. The number of nitriles is 1. The first-order valence-corrected chi connectivity index (χ1v) is 7.46. The molecule has 3 rings (SSSR count). The highest BCUT2D eigenvalue weighted by atomic mass is 32.1. The predicted molar refractivity (Wildman–Crippen MR) is 86.7 cm³/mol. The number of anilines is 1. The van der Waals surface area contributed by atoms with Crippen molar-refractivity contribution in [3.8, 4) is 16.6 Å². The van der Waals surface area contributed by atoms with Crippen LogP contribution in [0.5, 0.6) is 0 Å². The molecule has 1 amide bonds. The zero-order chi connectivity index (χ0) is 15.4. The van der Waals surface area contributed by atoms with Gasteiger partial charge in [0.2, 0.25) is 0 Å². The fourth-order valence-corrected chi connectivity index (χ4v) is 2.63. The number of nitrogens with zero attached hydrogens (tertiary/aromatic N) is 2. The van der Waals surface area contributed by atoms with E-state index in [1.54, 1.807) is 36.5 Å². The number of hydrogen-bond donors (Lipinski definition) is 1. The zero-order valence-corrected chi connectivity index (χ0v) is 12.3. The molecule has 3 aromatic rings. The summed E-state index contributed by atoms with van der Waals surface area (Å²) in [5.74, 6) is -0.192. The second-order valence-corrected chi connectivity index (χ2v) is 5.46. The fraction of sp³-hybridized carbons (Fsp3) is 0. The number of rotatable bonds is 3. The van der Waals surface area contributed by atoms with Crippen molar-refractivity contribution < 1.29 is 4.79 Å². The minimum Gasteiger partial charge on any atom is -0.322 e. The molecular formula is C17H11N3OS. The molecule has 0 radical (unpaired) electrons. The Bertz CT molecular complexity index is 833. The highest BCUT2D eigenvalue weighted by molar-refractivity contribution is 7.13. The minimum atomic E-state index is -0.192. The second kappa shape index (κ2) is 6.20. The van der Waals surface area contributed by atoms with Crippen molar-refractivity contribution in [3.05, 3.63) is 71.2 Å². The molecular weight excluding hydrogens is 294 g/mol. The van der Waals surface area contributed by atoms with Gasteiger partial charge in [-0.15, -0.1) is 11.3 Å². The Morgan fingerprint density at radius 1 is 1.18 bits per heavy atom. The molecule has 4 nitrogen and oxygen atoms in total. The van der Waals surface area contributed by atoms with Gasteiger partial charge < -0.3 is 5.32 Å². The second-order valence-electron chi connectivity index (χ2n) is 4.56. The number of carbonyl (C=O) groups excluding carboxylic acids is 1. The number of aromatic nitrogens is 1. The standard InChI is InChI=1S/C17H11N3OS/c18-11-12-4-6-15(7-5-12)20-16(21)13-2-1-3-14(10-13)17-19-8-9-22-17/h1-10H,(H,20,21). The van der Waals surface area contributed by atoms with Crippen molar-refractivity contribution >= 4 is 22.9 Å². The Morgan fingerprint density at radius 2 is 2.00 bits per heavy atom. The van der Waals surface area contributed by atoms with E-state index in [1.165, 1.54) is 11.3 Å². The Labute approximate surface area is 131 Å². The van der Waals surface area contributed by atoms with Gasteiger partial charge in [-0.2, -0.15) is 5.26 Å². The predicted octanol–water partition coefficient (Wildman–Crippen LogP) is 3.93. The quantitative estimate of drug-likeness (QED) is 0.797. The van der Waals surface area contributed by atoms with Gasteiger partial charge >= 0.3 is 0 Å². The highest BCUT2D eigenvalue weighted by Gasteiger charge is 2.08. The molecule has 2 aromatic carbocycles. The van der Waals surface area contributed by atoms with E-state index >= 15 is 0 Å². The summed E-state index contributed by atoms with van der Waals surface area (Å²) in [5.41, 5.74) is 2.70. The van der Waals surface area contributed by atoms with Crippen LogP contribution in [0.3, 0.4) is 0 Å². The molecule has 0 saturated carbocycles. The van der Waals surface area contributed by atoms with Gasteiger partial charge in [0.15, 0.2) is 0 Å². The number of amides is 1. The van der Waals surface area contributed by atoms with E-state index < -0.39 is 0 Å². The zero-order valence-electron chi connectivity index (χ0n) is 11.5. The van der Waals surface area contributed by atoms with Crippen LogP contribution in [-0.2, 0) is 0 Å². The smallest absolute Gasteiger partial charge is 0.255 e. The van der Waals surface area contributed by atoms with Crippen molar-refractivity contribution in [2.75, 3.05) is 5.32 Å². The lowest BCUT2D eigenvalue weighted by atomic mass is 10.1. The summed E-state index contributed by atoms with van der Waals surface area (Å²) in [4.78, 5) is 16.5. The van der Waals surface area contributed by atoms with Crippen LogP contribution in [0.2, 0.25) is 0 Å². The maximum Gasteiger partial charge on any atom is 0.255 e. The maximum absolute atomic E-state index is 12.3. The van der Waals surface area contributed by atoms with E-state index in [0.29, 0.717) is 16.8 Å². The van der Waals surface area contributed by atoms with Crippen LogP contribution in [0.4, 0.5) is 5.69 Å². The number of carbonyl (C=O) groups is 1. The Morgan fingerprint density at radius 3 is 2.68 bits per heavy atom. The third kappa shape index (κ3) is 3.03. The van der Waals surface area contributed by atoms with Gasteiger partial charge in [-0.1, -0.05) is 12.1 Å².